The summed E-state index contributed by atoms with van der Waals surface area (Å²) in [7, 11) is 0. The van der Waals surface area contributed by atoms with Crippen LogP contribution >= 0.6 is 0 Å². The largest absolute Gasteiger partial charge is 0.310 e. The highest BCUT2D eigenvalue weighted by molar-refractivity contribution is 6.13. The second kappa shape index (κ2) is 17.2. The normalized spacial score (nSPS) is 17.2. The summed E-state index contributed by atoms with van der Waals surface area (Å²) in [6.07, 6.45) is 4.53. The molecule has 7 aromatic rings. The van der Waals surface area contributed by atoms with Gasteiger partial charge < -0.3 is 9.80 Å². The SMILES string of the molecule is CC(C)c1ccc(N(c2ccc(C(C)(C)C)cc2)c2c3c(cc4cc5c(N(c6ccc(C(C)C)cc6)c6ccc(C(C)(C)C)cc6)c6c(cc5cc24)C(C)(C)CCC6(C)C)C(C)(C)CCC3(C)C)cc1. The molecule has 2 aliphatic carbocycles. The first-order chi connectivity index (χ1) is 32.6. The van der Waals surface area contributed by atoms with Gasteiger partial charge in [0.25, 0.3) is 0 Å². The maximum Gasteiger partial charge on any atom is 0.0580 e. The van der Waals surface area contributed by atoms with E-state index in [-0.39, 0.29) is 32.5 Å². The molecule has 0 N–H and O–H groups in total. The van der Waals surface area contributed by atoms with Gasteiger partial charge in [0, 0.05) is 33.5 Å². The number of hydrogen-bond acceptors (Lipinski definition) is 2. The molecule has 0 unspecified atom stereocenters. The molecule has 2 nitrogen and oxygen atoms in total. The second-order valence-corrected chi connectivity index (χ2v) is 26.9. The Kier molecular flexibility index (Phi) is 12.2. The molecule has 0 bridgehead atoms. The van der Waals surface area contributed by atoms with Crippen molar-refractivity contribution in [1.29, 1.82) is 0 Å². The highest BCUT2D eigenvalue weighted by Gasteiger charge is 2.43. The Morgan fingerprint density at radius 1 is 0.371 bits per heavy atom. The number of benzene rings is 7. The predicted octanol–water partition coefficient (Wildman–Crippen LogP) is 20.5. The van der Waals surface area contributed by atoms with Crippen LogP contribution in [-0.2, 0) is 32.5 Å². The fourth-order valence-corrected chi connectivity index (χ4v) is 12.0. The molecule has 0 aliphatic heterocycles. The zero-order valence-corrected chi connectivity index (χ0v) is 46.4. The first kappa shape index (κ1) is 49.6. The molecule has 0 atom stereocenters. The van der Waals surface area contributed by atoms with Gasteiger partial charge in [0.15, 0.2) is 0 Å². The molecule has 0 aromatic heterocycles. The maximum atomic E-state index is 2.64. The fraction of sp³-hybridized carbons (Fsp3) is 0.441. The van der Waals surface area contributed by atoms with Crippen molar-refractivity contribution in [2.45, 2.75) is 195 Å². The quantitative estimate of drug-likeness (QED) is 0.140. The van der Waals surface area contributed by atoms with Gasteiger partial charge in [-0.2, -0.15) is 0 Å². The lowest BCUT2D eigenvalue weighted by Crippen LogP contribution is -2.36. The lowest BCUT2D eigenvalue weighted by atomic mass is 9.61. The molecular formula is C68H84N2. The van der Waals surface area contributed by atoms with Crippen molar-refractivity contribution in [3.05, 3.63) is 166 Å². The molecule has 0 saturated carbocycles. The lowest BCUT2D eigenvalue weighted by Gasteiger charge is -2.46. The van der Waals surface area contributed by atoms with Crippen LogP contribution in [0, 0.1) is 0 Å². The van der Waals surface area contributed by atoms with Gasteiger partial charge in [-0.15, -0.1) is 0 Å². The Morgan fingerprint density at radius 3 is 0.914 bits per heavy atom. The summed E-state index contributed by atoms with van der Waals surface area (Å²) in [5.74, 6) is 0.895. The third-order valence-corrected chi connectivity index (χ3v) is 17.0. The van der Waals surface area contributed by atoms with Gasteiger partial charge in [0.2, 0.25) is 0 Å². The Bertz CT molecular complexity index is 2850. The van der Waals surface area contributed by atoms with Crippen LogP contribution in [-0.4, -0.2) is 0 Å². The topological polar surface area (TPSA) is 6.48 Å². The summed E-state index contributed by atoms with van der Waals surface area (Å²) in [5, 5.41) is 5.22. The second-order valence-electron chi connectivity index (χ2n) is 26.9. The van der Waals surface area contributed by atoms with Crippen LogP contribution in [0.4, 0.5) is 34.1 Å². The lowest BCUT2D eigenvalue weighted by molar-refractivity contribution is 0.333. The van der Waals surface area contributed by atoms with Crippen molar-refractivity contribution in [3.63, 3.8) is 0 Å². The van der Waals surface area contributed by atoms with Gasteiger partial charge in [-0.05, 0) is 186 Å². The van der Waals surface area contributed by atoms with E-state index in [2.05, 4.69) is 256 Å². The smallest absolute Gasteiger partial charge is 0.0580 e. The molecule has 0 radical (unpaired) electrons. The minimum absolute atomic E-state index is 0.0181. The van der Waals surface area contributed by atoms with Gasteiger partial charge >= 0.3 is 0 Å². The Morgan fingerprint density at radius 2 is 0.643 bits per heavy atom. The van der Waals surface area contributed by atoms with Crippen LogP contribution in [0.15, 0.2) is 121 Å². The first-order valence-electron chi connectivity index (χ1n) is 26.7. The van der Waals surface area contributed by atoms with E-state index >= 15 is 0 Å². The molecule has 7 aromatic carbocycles. The zero-order chi connectivity index (χ0) is 50.7. The van der Waals surface area contributed by atoms with Crippen LogP contribution in [0.5, 0.6) is 0 Å². The van der Waals surface area contributed by atoms with E-state index in [1.54, 1.807) is 0 Å². The molecule has 0 saturated heterocycles. The molecule has 2 aliphatic rings. The molecule has 0 fully saturated rings. The minimum atomic E-state index is -0.0595. The standard InChI is InChI=1S/C68H84N2/c1-43(2)45-19-27-51(28-20-45)69(53-31-23-49(24-32-53)63(5,6)7)61-55-39-48-42-58-60(68(17,18)38-36-66(58,13)14)62(56(48)40-47(55)41-57-59(61)67(15,16)37-35-65(57,11)12)70(52-29-21-46(22-30-52)44(3)4)54-33-25-50(26-34-54)64(8,9)10/h19-34,39-44H,35-38H2,1-18H3. The van der Waals surface area contributed by atoms with Crippen molar-refractivity contribution in [2.75, 3.05) is 9.80 Å². The van der Waals surface area contributed by atoms with Crippen LogP contribution in [0.3, 0.4) is 0 Å². The first-order valence-corrected chi connectivity index (χ1v) is 26.7. The fourth-order valence-electron chi connectivity index (χ4n) is 12.0. The zero-order valence-electron chi connectivity index (χ0n) is 46.4. The van der Waals surface area contributed by atoms with Crippen LogP contribution in [0.1, 0.15) is 207 Å². The van der Waals surface area contributed by atoms with Gasteiger partial charge in [-0.25, -0.2) is 0 Å². The molecule has 9 rings (SSSR count). The molecule has 0 amide bonds. The number of fused-ring (bicyclic) bond motifs is 4. The Balaban J connectivity index is 1.46. The summed E-state index contributed by atoms with van der Waals surface area (Å²) in [6, 6.07) is 48.4. The molecular weight excluding hydrogens is 845 g/mol. The van der Waals surface area contributed by atoms with Crippen LogP contribution in [0.2, 0.25) is 0 Å². The van der Waals surface area contributed by atoms with Crippen LogP contribution in [0.25, 0.3) is 21.5 Å². The van der Waals surface area contributed by atoms with E-state index in [1.165, 1.54) is 100 Å². The highest BCUT2D eigenvalue weighted by atomic mass is 15.2. The summed E-state index contributed by atoms with van der Waals surface area (Å²) in [5.41, 5.74) is 18.7. The van der Waals surface area contributed by atoms with Gasteiger partial charge in [0.1, 0.15) is 0 Å². The van der Waals surface area contributed by atoms with E-state index in [0.29, 0.717) is 11.8 Å². The molecule has 0 spiro atoms. The highest BCUT2D eigenvalue weighted by Crippen LogP contribution is 2.58. The summed E-state index contributed by atoms with van der Waals surface area (Å²) >= 11 is 0. The number of hydrogen-bond donors (Lipinski definition) is 0. The summed E-state index contributed by atoms with van der Waals surface area (Å²) < 4.78 is 0. The molecule has 366 valence electrons. The average molecular weight is 929 g/mol. The van der Waals surface area contributed by atoms with Crippen molar-refractivity contribution in [3.8, 4) is 0 Å². The van der Waals surface area contributed by atoms with Gasteiger partial charge in [0.05, 0.1) is 11.4 Å². The van der Waals surface area contributed by atoms with Crippen molar-refractivity contribution in [2.24, 2.45) is 0 Å². The summed E-state index contributed by atoms with van der Waals surface area (Å²) in [6.45, 7) is 43.1. The van der Waals surface area contributed by atoms with Crippen LogP contribution < -0.4 is 9.80 Å². The van der Waals surface area contributed by atoms with E-state index in [0.717, 1.165) is 25.7 Å². The Labute approximate surface area is 423 Å². The van der Waals surface area contributed by atoms with E-state index in [9.17, 15) is 0 Å². The van der Waals surface area contributed by atoms with Crippen molar-refractivity contribution < 1.29 is 0 Å². The Hall–Kier alpha value is -5.34. The minimum Gasteiger partial charge on any atom is -0.310 e. The maximum absolute atomic E-state index is 2.64. The van der Waals surface area contributed by atoms with E-state index in [4.69, 9.17) is 0 Å². The summed E-state index contributed by atoms with van der Waals surface area (Å²) in [4.78, 5) is 5.27. The number of anilines is 6. The third-order valence-electron chi connectivity index (χ3n) is 17.0. The molecule has 2 heteroatoms. The molecule has 70 heavy (non-hydrogen) atoms. The van der Waals surface area contributed by atoms with Crippen molar-refractivity contribution in [1.82, 2.24) is 0 Å². The average Bonchev–Trinajstić information content (AvgIpc) is 3.29. The van der Waals surface area contributed by atoms with Crippen molar-refractivity contribution >= 4 is 55.7 Å². The van der Waals surface area contributed by atoms with E-state index < -0.39 is 0 Å². The number of nitrogens with zero attached hydrogens (tertiary/aromatic N) is 2. The number of rotatable bonds is 8. The molecule has 0 heterocycles. The van der Waals surface area contributed by atoms with Gasteiger partial charge in [-0.1, -0.05) is 185 Å². The van der Waals surface area contributed by atoms with Gasteiger partial charge in [-0.3, -0.25) is 0 Å². The predicted molar refractivity (Wildman–Crippen MR) is 307 cm³/mol. The third kappa shape index (κ3) is 8.79. The van der Waals surface area contributed by atoms with E-state index in [1.807, 2.05) is 0 Å². The monoisotopic (exact) mass is 929 g/mol.